The van der Waals surface area contributed by atoms with E-state index < -0.39 is 11.9 Å². The molecular formula is C27H32FN3O2. The van der Waals surface area contributed by atoms with Gasteiger partial charge in [-0.25, -0.2) is 9.07 Å². The Hall–Kier alpha value is -2.96. The number of aliphatic hydroxyl groups excluding tert-OH is 1. The third-order valence-electron chi connectivity index (χ3n) is 5.95. The van der Waals surface area contributed by atoms with Gasteiger partial charge in [0.25, 0.3) is 0 Å². The zero-order chi connectivity index (χ0) is 23.2. The maximum Gasteiger partial charge on any atom is 0.222 e. The van der Waals surface area contributed by atoms with Crippen molar-refractivity contribution in [2.45, 2.75) is 38.3 Å². The Morgan fingerprint density at radius 1 is 1.21 bits per heavy atom. The normalized spacial score (nSPS) is 14.4. The van der Waals surface area contributed by atoms with Gasteiger partial charge in [-0.05, 0) is 43.7 Å². The van der Waals surface area contributed by atoms with E-state index in [2.05, 4.69) is 11.5 Å². The van der Waals surface area contributed by atoms with Crippen LogP contribution in [-0.4, -0.2) is 39.0 Å². The first kappa shape index (κ1) is 23.2. The van der Waals surface area contributed by atoms with Crippen molar-refractivity contribution in [3.05, 3.63) is 78.6 Å². The van der Waals surface area contributed by atoms with Crippen molar-refractivity contribution in [1.29, 1.82) is 0 Å². The predicted octanol–water partition coefficient (Wildman–Crippen LogP) is 5.56. The lowest BCUT2D eigenvalue weighted by Crippen LogP contribution is -2.33. The smallest absolute Gasteiger partial charge is 0.222 e. The minimum atomic E-state index is -0.436. The van der Waals surface area contributed by atoms with Crippen LogP contribution in [0.3, 0.4) is 0 Å². The molecule has 0 bridgehead atoms. The summed E-state index contributed by atoms with van der Waals surface area (Å²) in [5.41, 5.74) is 2.68. The van der Waals surface area contributed by atoms with E-state index in [1.54, 1.807) is 22.9 Å². The van der Waals surface area contributed by atoms with Crippen molar-refractivity contribution in [2.75, 3.05) is 13.1 Å². The third-order valence-corrected chi connectivity index (χ3v) is 5.95. The summed E-state index contributed by atoms with van der Waals surface area (Å²) in [5, 5.41) is 15.4. The number of halogens is 1. The zero-order valence-corrected chi connectivity index (χ0v) is 19.2. The quantitative estimate of drug-likeness (QED) is 0.368. The van der Waals surface area contributed by atoms with Crippen LogP contribution in [0.4, 0.5) is 4.39 Å². The summed E-state index contributed by atoms with van der Waals surface area (Å²) in [5.74, 6) is 0.923. The predicted molar refractivity (Wildman–Crippen MR) is 129 cm³/mol. The monoisotopic (exact) mass is 449 g/mol. The standard InChI is InChI=1S/C27H32FN3O2/c1-3-4-12-22(32)18-31(17-20-15-16-20)19-23-26(21-10-6-5-7-11-21)29-30(2)27(23)33-25-14-9-8-13-24(25)28/h3,5-11,13-14,20,22,32H,1,4,12,15-19H2,2H3/t22-/m1/s1. The molecule has 1 atom stereocenters. The highest BCUT2D eigenvalue weighted by atomic mass is 19.1. The van der Waals surface area contributed by atoms with Crippen molar-refractivity contribution >= 4 is 0 Å². The maximum absolute atomic E-state index is 14.4. The summed E-state index contributed by atoms with van der Waals surface area (Å²) >= 11 is 0. The van der Waals surface area contributed by atoms with Gasteiger partial charge < -0.3 is 9.84 Å². The summed E-state index contributed by atoms with van der Waals surface area (Å²) in [6, 6.07) is 16.4. The first-order valence-electron chi connectivity index (χ1n) is 11.6. The Bertz CT molecular complexity index is 1060. The van der Waals surface area contributed by atoms with E-state index in [0.717, 1.165) is 29.8 Å². The van der Waals surface area contributed by atoms with E-state index in [1.807, 2.05) is 43.5 Å². The molecule has 174 valence electrons. The Labute approximate surface area is 195 Å². The second-order valence-electron chi connectivity index (χ2n) is 8.81. The SMILES string of the molecule is C=CCC[C@@H](O)CN(Cc1c(-c2ccccc2)nn(C)c1Oc1ccccc1F)CC1CC1. The molecule has 1 aliphatic rings. The van der Waals surface area contributed by atoms with Crippen molar-refractivity contribution in [3.8, 4) is 22.9 Å². The molecule has 0 aliphatic heterocycles. The highest BCUT2D eigenvalue weighted by Gasteiger charge is 2.28. The molecule has 1 fully saturated rings. The Balaban J connectivity index is 1.68. The third kappa shape index (κ3) is 6.09. The molecule has 1 aromatic heterocycles. The van der Waals surface area contributed by atoms with Crippen molar-refractivity contribution < 1.29 is 14.2 Å². The lowest BCUT2D eigenvalue weighted by molar-refractivity contribution is 0.0992. The van der Waals surface area contributed by atoms with Crippen LogP contribution < -0.4 is 4.74 Å². The number of nitrogens with zero attached hydrogens (tertiary/aromatic N) is 3. The molecule has 4 rings (SSSR count). The fourth-order valence-electron chi connectivity index (χ4n) is 4.07. The van der Waals surface area contributed by atoms with E-state index in [0.29, 0.717) is 31.3 Å². The van der Waals surface area contributed by atoms with Gasteiger partial charge in [0.15, 0.2) is 11.6 Å². The maximum atomic E-state index is 14.4. The molecule has 5 nitrogen and oxygen atoms in total. The average molecular weight is 450 g/mol. The number of hydrogen-bond donors (Lipinski definition) is 1. The van der Waals surface area contributed by atoms with Gasteiger partial charge >= 0.3 is 0 Å². The molecule has 0 amide bonds. The number of para-hydroxylation sites is 1. The van der Waals surface area contributed by atoms with Gasteiger partial charge in [-0.2, -0.15) is 5.10 Å². The minimum Gasteiger partial charge on any atom is -0.436 e. The molecule has 0 saturated heterocycles. The van der Waals surface area contributed by atoms with Crippen LogP contribution in [0.2, 0.25) is 0 Å². The number of aliphatic hydroxyl groups is 1. The first-order valence-corrected chi connectivity index (χ1v) is 11.6. The summed E-state index contributed by atoms with van der Waals surface area (Å²) < 4.78 is 22.2. The highest BCUT2D eigenvalue weighted by molar-refractivity contribution is 5.65. The second-order valence-corrected chi connectivity index (χ2v) is 8.81. The van der Waals surface area contributed by atoms with Crippen LogP contribution in [0.5, 0.6) is 11.6 Å². The van der Waals surface area contributed by atoms with Crippen LogP contribution in [0, 0.1) is 11.7 Å². The molecule has 33 heavy (non-hydrogen) atoms. The van der Waals surface area contributed by atoms with Gasteiger partial charge in [0.05, 0.1) is 11.7 Å². The molecule has 1 saturated carbocycles. The largest absolute Gasteiger partial charge is 0.436 e. The summed E-state index contributed by atoms with van der Waals surface area (Å²) in [7, 11) is 1.82. The van der Waals surface area contributed by atoms with Crippen LogP contribution in [-0.2, 0) is 13.6 Å². The van der Waals surface area contributed by atoms with E-state index in [1.165, 1.54) is 18.9 Å². The molecule has 2 aromatic carbocycles. The molecule has 0 radical (unpaired) electrons. The number of hydrogen-bond acceptors (Lipinski definition) is 4. The Morgan fingerprint density at radius 2 is 1.94 bits per heavy atom. The molecular weight excluding hydrogens is 417 g/mol. The van der Waals surface area contributed by atoms with Gasteiger partial charge in [-0.15, -0.1) is 6.58 Å². The summed E-state index contributed by atoms with van der Waals surface area (Å²) in [6.07, 6.45) is 5.30. The van der Waals surface area contributed by atoms with Crippen LogP contribution >= 0.6 is 0 Å². The summed E-state index contributed by atoms with van der Waals surface area (Å²) in [4.78, 5) is 2.28. The fraction of sp³-hybridized carbons (Fsp3) is 0.370. The van der Waals surface area contributed by atoms with Crippen molar-refractivity contribution in [2.24, 2.45) is 13.0 Å². The van der Waals surface area contributed by atoms with Gasteiger partial charge in [-0.1, -0.05) is 48.5 Å². The second kappa shape index (κ2) is 10.8. The van der Waals surface area contributed by atoms with Crippen molar-refractivity contribution in [3.63, 3.8) is 0 Å². The van der Waals surface area contributed by atoms with Gasteiger partial charge in [0, 0.05) is 32.2 Å². The fourth-order valence-corrected chi connectivity index (χ4v) is 4.07. The van der Waals surface area contributed by atoms with Gasteiger partial charge in [-0.3, -0.25) is 4.90 Å². The van der Waals surface area contributed by atoms with E-state index in [9.17, 15) is 9.50 Å². The van der Waals surface area contributed by atoms with Crippen LogP contribution in [0.25, 0.3) is 11.3 Å². The number of aryl methyl sites for hydroxylation is 1. The molecule has 1 heterocycles. The van der Waals surface area contributed by atoms with E-state index in [-0.39, 0.29) is 5.75 Å². The minimum absolute atomic E-state index is 0.168. The number of aromatic nitrogens is 2. The average Bonchev–Trinajstić information content (AvgIpc) is 3.58. The number of benzene rings is 2. The van der Waals surface area contributed by atoms with E-state index in [4.69, 9.17) is 9.84 Å². The molecule has 0 spiro atoms. The molecule has 3 aromatic rings. The number of ether oxygens (including phenoxy) is 1. The molecule has 1 aliphatic carbocycles. The highest BCUT2D eigenvalue weighted by Crippen LogP contribution is 2.36. The number of rotatable bonds is 12. The topological polar surface area (TPSA) is 50.5 Å². The van der Waals surface area contributed by atoms with Gasteiger partial charge in [0.2, 0.25) is 5.88 Å². The Morgan fingerprint density at radius 3 is 2.64 bits per heavy atom. The molecule has 1 N–H and O–H groups in total. The first-order chi connectivity index (χ1) is 16.0. The van der Waals surface area contributed by atoms with Crippen molar-refractivity contribution in [1.82, 2.24) is 14.7 Å². The van der Waals surface area contributed by atoms with Crippen LogP contribution in [0.15, 0.2) is 67.3 Å². The number of allylic oxidation sites excluding steroid dienone is 1. The Kier molecular flexibility index (Phi) is 7.57. The summed E-state index contributed by atoms with van der Waals surface area (Å²) in [6.45, 7) is 5.79. The zero-order valence-electron chi connectivity index (χ0n) is 19.2. The lowest BCUT2D eigenvalue weighted by Gasteiger charge is -2.25. The molecule has 0 unspecified atom stereocenters. The van der Waals surface area contributed by atoms with Crippen LogP contribution in [0.1, 0.15) is 31.2 Å². The lowest BCUT2D eigenvalue weighted by atomic mass is 10.1. The molecule has 6 heteroatoms. The van der Waals surface area contributed by atoms with Gasteiger partial charge in [0.1, 0.15) is 5.69 Å². The van der Waals surface area contributed by atoms with E-state index >= 15 is 0 Å².